The summed E-state index contributed by atoms with van der Waals surface area (Å²) in [6.07, 6.45) is 4.35. The van der Waals surface area contributed by atoms with Gasteiger partial charge in [0.2, 0.25) is 0 Å². The number of carbonyl (C=O) groups is 1. The molecule has 0 aliphatic heterocycles. The van der Waals surface area contributed by atoms with Crippen molar-refractivity contribution >= 4 is 21.8 Å². The summed E-state index contributed by atoms with van der Waals surface area (Å²) in [6, 6.07) is 18.5. The van der Waals surface area contributed by atoms with Gasteiger partial charge in [0.1, 0.15) is 0 Å². The minimum Gasteiger partial charge on any atom is -0.366 e. The lowest BCUT2D eigenvalue weighted by molar-refractivity contribution is 0.1000. The molecule has 0 fully saturated rings. The molecule has 3 aromatic rings. The second-order valence-corrected chi connectivity index (χ2v) is 8.10. The Morgan fingerprint density at radius 3 is 2.32 bits per heavy atom. The summed E-state index contributed by atoms with van der Waals surface area (Å²) in [6.45, 7) is 4.96. The number of benzene rings is 2. The van der Waals surface area contributed by atoms with Gasteiger partial charge in [-0.05, 0) is 43.0 Å². The summed E-state index contributed by atoms with van der Waals surface area (Å²) in [4.78, 5) is 12.4. The van der Waals surface area contributed by atoms with Gasteiger partial charge in [0.25, 0.3) is 5.91 Å². The van der Waals surface area contributed by atoms with Gasteiger partial charge in [-0.15, -0.1) is 0 Å². The fourth-order valence-electron chi connectivity index (χ4n) is 3.81. The van der Waals surface area contributed by atoms with Gasteiger partial charge in [-0.3, -0.25) is 4.79 Å². The molecule has 28 heavy (non-hydrogen) atoms. The summed E-state index contributed by atoms with van der Waals surface area (Å²) >= 11 is 3.50. The predicted octanol–water partition coefficient (Wildman–Crippen LogP) is 6.11. The fourth-order valence-corrected chi connectivity index (χ4v) is 4.07. The van der Waals surface area contributed by atoms with Crippen LogP contribution in [-0.2, 0) is 13.0 Å². The average molecular weight is 439 g/mol. The van der Waals surface area contributed by atoms with Crippen LogP contribution >= 0.6 is 15.9 Å². The van der Waals surface area contributed by atoms with E-state index in [9.17, 15) is 4.79 Å². The highest BCUT2D eigenvalue weighted by Gasteiger charge is 2.24. The molecule has 0 aliphatic carbocycles. The molecule has 0 unspecified atom stereocenters. The molecule has 2 N–H and O–H groups in total. The third-order valence-electron chi connectivity index (χ3n) is 5.21. The van der Waals surface area contributed by atoms with E-state index in [4.69, 9.17) is 5.73 Å². The fraction of sp³-hybridized carbons (Fsp3) is 0.292. The van der Waals surface area contributed by atoms with Crippen LogP contribution in [0.3, 0.4) is 0 Å². The Kier molecular flexibility index (Phi) is 6.74. The van der Waals surface area contributed by atoms with Crippen molar-refractivity contribution < 1.29 is 4.79 Å². The molecule has 0 atom stereocenters. The van der Waals surface area contributed by atoms with E-state index in [-0.39, 0.29) is 5.91 Å². The van der Waals surface area contributed by atoms with Crippen LogP contribution in [0.5, 0.6) is 0 Å². The van der Waals surface area contributed by atoms with Gasteiger partial charge in [0.15, 0.2) is 0 Å². The zero-order valence-corrected chi connectivity index (χ0v) is 18.1. The summed E-state index contributed by atoms with van der Waals surface area (Å²) in [7, 11) is 0. The zero-order chi connectivity index (χ0) is 20.1. The monoisotopic (exact) mass is 438 g/mol. The third kappa shape index (κ3) is 4.39. The van der Waals surface area contributed by atoms with E-state index >= 15 is 0 Å². The number of amides is 1. The number of aromatic nitrogens is 1. The van der Waals surface area contributed by atoms with E-state index in [0.717, 1.165) is 47.1 Å². The van der Waals surface area contributed by atoms with Crippen LogP contribution < -0.4 is 5.73 Å². The van der Waals surface area contributed by atoms with Gasteiger partial charge in [0.05, 0.1) is 5.56 Å². The Labute approximate surface area is 175 Å². The minimum atomic E-state index is -0.362. The van der Waals surface area contributed by atoms with Crippen molar-refractivity contribution in [3.05, 3.63) is 81.6 Å². The molecule has 0 spiro atoms. The SMILES string of the molecule is CCCCCc1c(-c2ccc(Br)cc2)c(C(N)=O)c(C)n1Cc1ccccc1. The van der Waals surface area contributed by atoms with E-state index in [2.05, 4.69) is 63.8 Å². The highest BCUT2D eigenvalue weighted by Crippen LogP contribution is 2.35. The number of nitrogens with two attached hydrogens (primary N) is 1. The van der Waals surface area contributed by atoms with Gasteiger partial charge in [-0.25, -0.2) is 0 Å². The standard InChI is InChI=1S/C24H27BrN2O/c1-3-4-6-11-21-23(19-12-14-20(25)15-13-19)22(24(26)28)17(2)27(21)16-18-9-7-5-8-10-18/h5,7-10,12-15H,3-4,6,11,16H2,1-2H3,(H2,26,28). The molecule has 1 aromatic heterocycles. The summed E-state index contributed by atoms with van der Waals surface area (Å²) < 4.78 is 3.30. The van der Waals surface area contributed by atoms with E-state index < -0.39 is 0 Å². The van der Waals surface area contributed by atoms with E-state index in [0.29, 0.717) is 5.56 Å². The molecular formula is C24H27BrN2O. The molecule has 2 aromatic carbocycles. The summed E-state index contributed by atoms with van der Waals surface area (Å²) in [5, 5.41) is 0. The molecule has 0 saturated heterocycles. The number of halogens is 1. The molecule has 146 valence electrons. The second kappa shape index (κ2) is 9.24. The van der Waals surface area contributed by atoms with Crippen LogP contribution in [0.2, 0.25) is 0 Å². The van der Waals surface area contributed by atoms with Gasteiger partial charge >= 0.3 is 0 Å². The van der Waals surface area contributed by atoms with Gasteiger partial charge in [-0.1, -0.05) is 78.2 Å². The number of primary amides is 1. The lowest BCUT2D eigenvalue weighted by Gasteiger charge is -2.14. The maximum absolute atomic E-state index is 12.4. The second-order valence-electron chi connectivity index (χ2n) is 7.18. The van der Waals surface area contributed by atoms with Crippen LogP contribution in [0.4, 0.5) is 0 Å². The molecule has 0 bridgehead atoms. The number of hydrogen-bond donors (Lipinski definition) is 1. The number of carbonyl (C=O) groups excluding carboxylic acids is 1. The summed E-state index contributed by atoms with van der Waals surface area (Å²) in [5.74, 6) is -0.362. The maximum atomic E-state index is 12.4. The molecule has 0 aliphatic rings. The molecule has 3 rings (SSSR count). The molecule has 3 nitrogen and oxygen atoms in total. The van der Waals surface area contributed by atoms with Gasteiger partial charge in [-0.2, -0.15) is 0 Å². The quantitative estimate of drug-likeness (QED) is 0.423. The van der Waals surface area contributed by atoms with Crippen molar-refractivity contribution in [1.82, 2.24) is 4.57 Å². The van der Waals surface area contributed by atoms with E-state index in [1.807, 2.05) is 25.1 Å². The van der Waals surface area contributed by atoms with Crippen LogP contribution in [0, 0.1) is 6.92 Å². The Bertz CT molecular complexity index is 943. The molecule has 0 radical (unpaired) electrons. The Balaban J connectivity index is 2.18. The third-order valence-corrected chi connectivity index (χ3v) is 5.74. The normalized spacial score (nSPS) is 11.0. The first-order chi connectivity index (χ1) is 13.5. The lowest BCUT2D eigenvalue weighted by atomic mass is 9.97. The number of unbranched alkanes of at least 4 members (excludes halogenated alkanes) is 2. The van der Waals surface area contributed by atoms with Crippen LogP contribution in [0.1, 0.15) is 53.5 Å². The van der Waals surface area contributed by atoms with Crippen LogP contribution in [0.15, 0.2) is 59.1 Å². The summed E-state index contributed by atoms with van der Waals surface area (Å²) in [5.41, 5.74) is 11.9. The first-order valence-corrected chi connectivity index (χ1v) is 10.6. The van der Waals surface area contributed by atoms with E-state index in [1.54, 1.807) is 0 Å². The van der Waals surface area contributed by atoms with Crippen molar-refractivity contribution in [1.29, 1.82) is 0 Å². The molecule has 1 amide bonds. The average Bonchev–Trinajstić information content (AvgIpc) is 2.96. The smallest absolute Gasteiger partial charge is 0.251 e. The number of nitrogens with zero attached hydrogens (tertiary/aromatic N) is 1. The number of rotatable bonds is 8. The predicted molar refractivity (Wildman–Crippen MR) is 120 cm³/mol. The lowest BCUT2D eigenvalue weighted by Crippen LogP contribution is -2.13. The minimum absolute atomic E-state index is 0.362. The molecule has 4 heteroatoms. The molecule has 1 heterocycles. The highest BCUT2D eigenvalue weighted by atomic mass is 79.9. The van der Waals surface area contributed by atoms with Crippen molar-refractivity contribution in [2.75, 3.05) is 0 Å². The Morgan fingerprint density at radius 2 is 1.71 bits per heavy atom. The van der Waals surface area contributed by atoms with Gasteiger partial charge in [0, 0.05) is 28.0 Å². The molecule has 0 saturated carbocycles. The zero-order valence-electron chi connectivity index (χ0n) is 16.5. The Morgan fingerprint density at radius 1 is 1.04 bits per heavy atom. The van der Waals surface area contributed by atoms with Crippen molar-refractivity contribution in [2.24, 2.45) is 5.73 Å². The first kappa shape index (κ1) is 20.4. The van der Waals surface area contributed by atoms with Gasteiger partial charge < -0.3 is 10.3 Å². The topological polar surface area (TPSA) is 48.0 Å². The van der Waals surface area contributed by atoms with Crippen molar-refractivity contribution in [3.8, 4) is 11.1 Å². The van der Waals surface area contributed by atoms with E-state index in [1.165, 1.54) is 17.7 Å². The first-order valence-electron chi connectivity index (χ1n) is 9.84. The van der Waals surface area contributed by atoms with Crippen molar-refractivity contribution in [3.63, 3.8) is 0 Å². The maximum Gasteiger partial charge on any atom is 0.251 e. The van der Waals surface area contributed by atoms with Crippen LogP contribution in [-0.4, -0.2) is 10.5 Å². The van der Waals surface area contributed by atoms with Crippen molar-refractivity contribution in [2.45, 2.75) is 46.1 Å². The Hall–Kier alpha value is -2.33. The molecular weight excluding hydrogens is 412 g/mol. The highest BCUT2D eigenvalue weighted by molar-refractivity contribution is 9.10. The number of hydrogen-bond acceptors (Lipinski definition) is 1. The van der Waals surface area contributed by atoms with Crippen LogP contribution in [0.25, 0.3) is 11.1 Å². The largest absolute Gasteiger partial charge is 0.366 e.